The van der Waals surface area contributed by atoms with Crippen LogP contribution in [0.4, 0.5) is 5.69 Å². The summed E-state index contributed by atoms with van der Waals surface area (Å²) in [7, 11) is 0. The molecule has 0 aliphatic heterocycles. The molecule has 3 nitrogen and oxygen atoms in total. The van der Waals surface area contributed by atoms with Gasteiger partial charge in [0.05, 0.1) is 11.4 Å². The van der Waals surface area contributed by atoms with Crippen molar-refractivity contribution >= 4 is 28.9 Å². The van der Waals surface area contributed by atoms with E-state index < -0.39 is 0 Å². The summed E-state index contributed by atoms with van der Waals surface area (Å²) in [4.78, 5) is 0. The van der Waals surface area contributed by atoms with E-state index in [1.54, 1.807) is 6.07 Å². The number of nitrogen functional groups attached to an aromatic ring is 1. The third-order valence-electron chi connectivity index (χ3n) is 2.13. The molecule has 0 spiro atoms. The first-order chi connectivity index (χ1) is 7.65. The SMILES string of the molecule is Nc1cc(Cc2ccc(Cl)cc2)nnc1Cl. The summed E-state index contributed by atoms with van der Waals surface area (Å²) in [5.41, 5.74) is 7.97. The molecule has 2 N–H and O–H groups in total. The largest absolute Gasteiger partial charge is 0.396 e. The highest BCUT2D eigenvalue weighted by atomic mass is 35.5. The first-order valence-corrected chi connectivity index (χ1v) is 5.43. The van der Waals surface area contributed by atoms with Gasteiger partial charge in [0.15, 0.2) is 5.15 Å². The Kier molecular flexibility index (Phi) is 3.27. The van der Waals surface area contributed by atoms with E-state index in [-0.39, 0.29) is 5.15 Å². The van der Waals surface area contributed by atoms with E-state index in [2.05, 4.69) is 10.2 Å². The van der Waals surface area contributed by atoms with Gasteiger partial charge in [0.2, 0.25) is 0 Å². The standard InChI is InChI=1S/C11H9Cl2N3/c12-8-3-1-7(2-4-8)5-9-6-10(14)11(13)16-15-9/h1-4,6H,5H2,(H2,14,15). The molecule has 0 saturated heterocycles. The van der Waals surface area contributed by atoms with Crippen LogP contribution in [0.3, 0.4) is 0 Å². The highest BCUT2D eigenvalue weighted by Crippen LogP contribution is 2.17. The minimum absolute atomic E-state index is 0.236. The smallest absolute Gasteiger partial charge is 0.174 e. The average Bonchev–Trinajstić information content (AvgIpc) is 2.27. The third kappa shape index (κ3) is 2.62. The van der Waals surface area contributed by atoms with Crippen LogP contribution in [-0.2, 0) is 6.42 Å². The average molecular weight is 254 g/mol. The predicted molar refractivity (Wildman–Crippen MR) is 65.7 cm³/mol. The monoisotopic (exact) mass is 253 g/mol. The topological polar surface area (TPSA) is 51.8 Å². The lowest BCUT2D eigenvalue weighted by Gasteiger charge is -2.02. The minimum atomic E-state index is 0.236. The van der Waals surface area contributed by atoms with Gasteiger partial charge in [-0.1, -0.05) is 35.3 Å². The Morgan fingerprint density at radius 3 is 2.38 bits per heavy atom. The van der Waals surface area contributed by atoms with Crippen LogP contribution in [-0.4, -0.2) is 10.2 Å². The van der Waals surface area contributed by atoms with E-state index in [0.717, 1.165) is 11.3 Å². The Hall–Kier alpha value is -1.32. The summed E-state index contributed by atoms with van der Waals surface area (Å²) in [6.07, 6.45) is 0.658. The molecule has 0 unspecified atom stereocenters. The van der Waals surface area contributed by atoms with Crippen molar-refractivity contribution in [2.75, 3.05) is 5.73 Å². The van der Waals surface area contributed by atoms with Crippen molar-refractivity contribution in [3.05, 3.63) is 51.8 Å². The van der Waals surface area contributed by atoms with Gasteiger partial charge < -0.3 is 5.73 Å². The van der Waals surface area contributed by atoms with Crippen LogP contribution in [0, 0.1) is 0 Å². The van der Waals surface area contributed by atoms with Crippen LogP contribution in [0.25, 0.3) is 0 Å². The van der Waals surface area contributed by atoms with Gasteiger partial charge in [0.25, 0.3) is 0 Å². The quantitative estimate of drug-likeness (QED) is 0.896. The molecule has 0 aliphatic carbocycles. The second kappa shape index (κ2) is 4.68. The molecule has 0 fully saturated rings. The van der Waals surface area contributed by atoms with Crippen molar-refractivity contribution in [1.82, 2.24) is 10.2 Å². The fraction of sp³-hybridized carbons (Fsp3) is 0.0909. The number of aromatic nitrogens is 2. The Balaban J connectivity index is 2.20. The molecule has 2 rings (SSSR count). The van der Waals surface area contributed by atoms with E-state index in [0.29, 0.717) is 17.1 Å². The number of benzene rings is 1. The van der Waals surface area contributed by atoms with E-state index >= 15 is 0 Å². The third-order valence-corrected chi connectivity index (χ3v) is 2.67. The van der Waals surface area contributed by atoms with Gasteiger partial charge in [0, 0.05) is 11.4 Å². The Morgan fingerprint density at radius 2 is 1.75 bits per heavy atom. The summed E-state index contributed by atoms with van der Waals surface area (Å²) in [5, 5.41) is 8.67. The summed E-state index contributed by atoms with van der Waals surface area (Å²) in [5.74, 6) is 0. The zero-order valence-corrected chi connectivity index (χ0v) is 9.83. The maximum Gasteiger partial charge on any atom is 0.174 e. The van der Waals surface area contributed by atoms with Crippen molar-refractivity contribution in [2.45, 2.75) is 6.42 Å². The van der Waals surface area contributed by atoms with Gasteiger partial charge in [-0.25, -0.2) is 0 Å². The number of rotatable bonds is 2. The highest BCUT2D eigenvalue weighted by molar-refractivity contribution is 6.31. The molecule has 16 heavy (non-hydrogen) atoms. The Morgan fingerprint density at radius 1 is 1.06 bits per heavy atom. The number of halogens is 2. The first kappa shape index (κ1) is 11.2. The molecule has 1 aromatic heterocycles. The van der Waals surface area contributed by atoms with E-state index in [4.69, 9.17) is 28.9 Å². The van der Waals surface area contributed by atoms with Gasteiger partial charge in [-0.3, -0.25) is 0 Å². The predicted octanol–water partition coefficient (Wildman–Crippen LogP) is 2.96. The maximum atomic E-state index is 5.80. The number of anilines is 1. The number of nitrogens with zero attached hydrogens (tertiary/aromatic N) is 2. The van der Waals surface area contributed by atoms with Gasteiger partial charge in [-0.05, 0) is 23.8 Å². The molecule has 1 heterocycles. The van der Waals surface area contributed by atoms with Crippen LogP contribution in [0.2, 0.25) is 10.2 Å². The molecule has 0 aliphatic rings. The van der Waals surface area contributed by atoms with E-state index in [1.807, 2.05) is 24.3 Å². The van der Waals surface area contributed by atoms with Crippen molar-refractivity contribution in [1.29, 1.82) is 0 Å². The van der Waals surface area contributed by atoms with E-state index in [9.17, 15) is 0 Å². The zero-order chi connectivity index (χ0) is 11.5. The minimum Gasteiger partial charge on any atom is -0.396 e. The lowest BCUT2D eigenvalue weighted by Crippen LogP contribution is -1.98. The Bertz CT molecular complexity index is 497. The summed E-state index contributed by atoms with van der Waals surface area (Å²) in [6.45, 7) is 0. The normalized spacial score (nSPS) is 10.4. The molecule has 5 heteroatoms. The second-order valence-electron chi connectivity index (χ2n) is 3.39. The molecule has 0 atom stereocenters. The van der Waals surface area contributed by atoms with Crippen molar-refractivity contribution in [3.8, 4) is 0 Å². The Labute approximate surface area is 103 Å². The van der Waals surface area contributed by atoms with Gasteiger partial charge in [-0.15, -0.1) is 5.10 Å². The molecular weight excluding hydrogens is 245 g/mol. The molecule has 0 radical (unpaired) electrons. The van der Waals surface area contributed by atoms with Crippen LogP contribution < -0.4 is 5.73 Å². The van der Waals surface area contributed by atoms with Gasteiger partial charge in [0.1, 0.15) is 0 Å². The van der Waals surface area contributed by atoms with Crippen LogP contribution >= 0.6 is 23.2 Å². The van der Waals surface area contributed by atoms with Crippen molar-refractivity contribution < 1.29 is 0 Å². The van der Waals surface area contributed by atoms with Crippen molar-refractivity contribution in [2.24, 2.45) is 0 Å². The number of hydrogen-bond donors (Lipinski definition) is 1. The van der Waals surface area contributed by atoms with Gasteiger partial charge in [-0.2, -0.15) is 5.10 Å². The number of nitrogens with two attached hydrogens (primary N) is 1. The van der Waals surface area contributed by atoms with Crippen LogP contribution in [0.5, 0.6) is 0 Å². The molecule has 0 amide bonds. The lowest BCUT2D eigenvalue weighted by molar-refractivity contribution is 0.940. The fourth-order valence-corrected chi connectivity index (χ4v) is 1.55. The summed E-state index contributed by atoms with van der Waals surface area (Å²) < 4.78 is 0. The molecule has 2 aromatic rings. The van der Waals surface area contributed by atoms with E-state index in [1.165, 1.54) is 0 Å². The van der Waals surface area contributed by atoms with Crippen molar-refractivity contribution in [3.63, 3.8) is 0 Å². The number of hydrogen-bond acceptors (Lipinski definition) is 3. The summed E-state index contributed by atoms with van der Waals surface area (Å²) >= 11 is 11.5. The highest BCUT2D eigenvalue weighted by Gasteiger charge is 2.03. The lowest BCUT2D eigenvalue weighted by atomic mass is 10.1. The molecular formula is C11H9Cl2N3. The molecule has 1 aromatic carbocycles. The fourth-order valence-electron chi connectivity index (χ4n) is 1.33. The van der Waals surface area contributed by atoms with Crippen LogP contribution in [0.1, 0.15) is 11.3 Å². The second-order valence-corrected chi connectivity index (χ2v) is 4.18. The molecule has 0 bridgehead atoms. The first-order valence-electron chi connectivity index (χ1n) is 4.67. The zero-order valence-electron chi connectivity index (χ0n) is 8.32. The maximum absolute atomic E-state index is 5.80. The summed E-state index contributed by atoms with van der Waals surface area (Å²) in [6, 6.07) is 9.28. The van der Waals surface area contributed by atoms with Crippen LogP contribution in [0.15, 0.2) is 30.3 Å². The molecule has 0 saturated carbocycles. The van der Waals surface area contributed by atoms with Gasteiger partial charge >= 0.3 is 0 Å². The molecule has 82 valence electrons.